The Morgan fingerprint density at radius 3 is 2.50 bits per heavy atom. The van der Waals surface area contributed by atoms with Crippen LogP contribution in [0.25, 0.3) is 22.0 Å². The fourth-order valence-electron chi connectivity index (χ4n) is 3.08. The van der Waals surface area contributed by atoms with Crippen LogP contribution in [0.2, 0.25) is 10.0 Å². The van der Waals surface area contributed by atoms with Crippen LogP contribution in [0.15, 0.2) is 42.7 Å². The van der Waals surface area contributed by atoms with Gasteiger partial charge in [0, 0.05) is 47.7 Å². The molecule has 0 unspecified atom stereocenters. The summed E-state index contributed by atoms with van der Waals surface area (Å²) < 4.78 is 0. The first-order valence-corrected chi connectivity index (χ1v) is 8.64. The van der Waals surface area contributed by atoms with Gasteiger partial charge in [-0.25, -0.2) is 9.97 Å². The Morgan fingerprint density at radius 2 is 1.71 bits per heavy atom. The van der Waals surface area contributed by atoms with Crippen LogP contribution >= 0.6 is 23.2 Å². The monoisotopic (exact) mass is 358 g/mol. The van der Waals surface area contributed by atoms with E-state index in [1.807, 2.05) is 30.3 Å². The van der Waals surface area contributed by atoms with Gasteiger partial charge in [-0.15, -0.1) is 0 Å². The van der Waals surface area contributed by atoms with Crippen molar-refractivity contribution < 1.29 is 0 Å². The lowest BCUT2D eigenvalue weighted by molar-refractivity contribution is 0.586. The number of rotatable bonds is 2. The molecule has 122 valence electrons. The average Bonchev–Trinajstić information content (AvgIpc) is 2.62. The number of anilines is 1. The lowest BCUT2D eigenvalue weighted by atomic mass is 10.0. The molecule has 4 rings (SSSR count). The molecule has 6 heteroatoms. The number of piperazine rings is 1. The summed E-state index contributed by atoms with van der Waals surface area (Å²) >= 11 is 12.9. The van der Waals surface area contributed by atoms with E-state index in [0.717, 1.165) is 54.0 Å². The van der Waals surface area contributed by atoms with Crippen LogP contribution < -0.4 is 10.2 Å². The molecule has 1 aromatic heterocycles. The number of nitrogens with zero attached hydrogens (tertiary/aromatic N) is 3. The molecule has 2 aromatic carbocycles. The first-order chi connectivity index (χ1) is 11.7. The molecule has 0 radical (unpaired) electrons. The summed E-state index contributed by atoms with van der Waals surface area (Å²) in [4.78, 5) is 11.2. The van der Waals surface area contributed by atoms with Gasteiger partial charge in [0.25, 0.3) is 0 Å². The Balaban J connectivity index is 1.90. The summed E-state index contributed by atoms with van der Waals surface area (Å²) in [7, 11) is 0. The maximum atomic E-state index is 6.51. The van der Waals surface area contributed by atoms with Gasteiger partial charge in [0.1, 0.15) is 12.1 Å². The molecule has 4 nitrogen and oxygen atoms in total. The fourth-order valence-corrected chi connectivity index (χ4v) is 3.58. The van der Waals surface area contributed by atoms with Crippen molar-refractivity contribution in [1.82, 2.24) is 15.3 Å². The largest absolute Gasteiger partial charge is 0.353 e. The van der Waals surface area contributed by atoms with Crippen LogP contribution in [-0.4, -0.2) is 36.1 Å². The molecular weight excluding hydrogens is 343 g/mol. The highest BCUT2D eigenvalue weighted by Crippen LogP contribution is 2.37. The molecular formula is C18H16Cl2N4. The van der Waals surface area contributed by atoms with Crippen molar-refractivity contribution in [3.63, 3.8) is 0 Å². The molecule has 1 fully saturated rings. The first-order valence-electron chi connectivity index (χ1n) is 7.89. The smallest absolute Gasteiger partial charge is 0.139 e. The number of nitrogens with one attached hydrogen (secondary N) is 1. The van der Waals surface area contributed by atoms with Gasteiger partial charge in [0.05, 0.1) is 10.5 Å². The number of aromatic nitrogens is 2. The van der Waals surface area contributed by atoms with E-state index in [4.69, 9.17) is 23.2 Å². The van der Waals surface area contributed by atoms with E-state index in [0.29, 0.717) is 10.0 Å². The lowest BCUT2D eigenvalue weighted by Gasteiger charge is -2.29. The second-order valence-electron chi connectivity index (χ2n) is 5.76. The molecule has 24 heavy (non-hydrogen) atoms. The van der Waals surface area contributed by atoms with Crippen molar-refractivity contribution in [2.75, 3.05) is 31.1 Å². The van der Waals surface area contributed by atoms with Crippen molar-refractivity contribution in [1.29, 1.82) is 0 Å². The molecule has 1 aliphatic heterocycles. The summed E-state index contributed by atoms with van der Waals surface area (Å²) in [5.41, 5.74) is 2.67. The number of halogens is 2. The zero-order valence-electron chi connectivity index (χ0n) is 13.0. The van der Waals surface area contributed by atoms with Gasteiger partial charge in [-0.1, -0.05) is 41.4 Å². The molecule has 0 atom stereocenters. The number of benzene rings is 2. The molecule has 3 aromatic rings. The van der Waals surface area contributed by atoms with Crippen LogP contribution in [0.1, 0.15) is 0 Å². The standard InChI is InChI=1S/C18H16Cl2N4/c19-15-4-2-1-3-12(15)13-9-14-17(10-16(13)20)22-11-23-18(14)24-7-5-21-6-8-24/h1-4,9-11,21H,5-8H2. The summed E-state index contributed by atoms with van der Waals surface area (Å²) in [5, 5.41) is 5.68. The van der Waals surface area contributed by atoms with Gasteiger partial charge < -0.3 is 10.2 Å². The van der Waals surface area contributed by atoms with E-state index in [2.05, 4.69) is 26.3 Å². The SMILES string of the molecule is Clc1ccccc1-c1cc2c(N3CCNCC3)ncnc2cc1Cl. The van der Waals surface area contributed by atoms with Gasteiger partial charge >= 0.3 is 0 Å². The maximum absolute atomic E-state index is 6.51. The van der Waals surface area contributed by atoms with Crippen molar-refractivity contribution in [2.24, 2.45) is 0 Å². The Morgan fingerprint density at radius 1 is 0.917 bits per heavy atom. The third-order valence-corrected chi connectivity index (χ3v) is 4.93. The van der Waals surface area contributed by atoms with Crippen LogP contribution in [0.5, 0.6) is 0 Å². The average molecular weight is 359 g/mol. The minimum absolute atomic E-state index is 0.639. The Kier molecular flexibility index (Phi) is 4.27. The van der Waals surface area contributed by atoms with Gasteiger partial charge in [-0.2, -0.15) is 0 Å². The molecule has 0 aliphatic carbocycles. The molecule has 2 heterocycles. The number of fused-ring (bicyclic) bond motifs is 1. The predicted octanol–water partition coefficient (Wildman–Crippen LogP) is 4.01. The van der Waals surface area contributed by atoms with Crippen LogP contribution in [0, 0.1) is 0 Å². The molecule has 0 amide bonds. The Labute approximate surface area is 150 Å². The van der Waals surface area contributed by atoms with Gasteiger partial charge in [-0.3, -0.25) is 0 Å². The molecule has 0 bridgehead atoms. The van der Waals surface area contributed by atoms with E-state index in [-0.39, 0.29) is 0 Å². The quantitative estimate of drug-likeness (QED) is 0.751. The van der Waals surface area contributed by atoms with Crippen molar-refractivity contribution in [2.45, 2.75) is 0 Å². The van der Waals surface area contributed by atoms with E-state index in [1.54, 1.807) is 6.33 Å². The summed E-state index contributed by atoms with van der Waals surface area (Å²) in [6.45, 7) is 3.76. The van der Waals surface area contributed by atoms with E-state index in [1.165, 1.54) is 0 Å². The van der Waals surface area contributed by atoms with Crippen molar-refractivity contribution in [3.8, 4) is 11.1 Å². The molecule has 1 aliphatic rings. The highest BCUT2D eigenvalue weighted by molar-refractivity contribution is 6.37. The molecule has 0 saturated carbocycles. The predicted molar refractivity (Wildman–Crippen MR) is 100 cm³/mol. The molecule has 1 N–H and O–H groups in total. The number of hydrogen-bond acceptors (Lipinski definition) is 4. The molecule has 0 spiro atoms. The summed E-state index contributed by atoms with van der Waals surface area (Å²) in [6, 6.07) is 11.7. The van der Waals surface area contributed by atoms with E-state index >= 15 is 0 Å². The van der Waals surface area contributed by atoms with Crippen molar-refractivity contribution >= 4 is 39.9 Å². The summed E-state index contributed by atoms with van der Waals surface area (Å²) in [5.74, 6) is 0.950. The third kappa shape index (κ3) is 2.81. The second-order valence-corrected chi connectivity index (χ2v) is 6.58. The minimum atomic E-state index is 0.639. The van der Waals surface area contributed by atoms with Crippen LogP contribution in [0.3, 0.4) is 0 Å². The topological polar surface area (TPSA) is 41.0 Å². The lowest BCUT2D eigenvalue weighted by Crippen LogP contribution is -2.44. The zero-order chi connectivity index (χ0) is 16.5. The molecule has 1 saturated heterocycles. The van der Waals surface area contributed by atoms with E-state index < -0.39 is 0 Å². The highest BCUT2D eigenvalue weighted by Gasteiger charge is 2.17. The zero-order valence-corrected chi connectivity index (χ0v) is 14.5. The van der Waals surface area contributed by atoms with Gasteiger partial charge in [-0.05, 0) is 18.2 Å². The van der Waals surface area contributed by atoms with Crippen molar-refractivity contribution in [3.05, 3.63) is 52.8 Å². The second kappa shape index (κ2) is 6.55. The van der Waals surface area contributed by atoms with Crippen LogP contribution in [0.4, 0.5) is 5.82 Å². The van der Waals surface area contributed by atoms with Gasteiger partial charge in [0.2, 0.25) is 0 Å². The maximum Gasteiger partial charge on any atom is 0.139 e. The third-order valence-electron chi connectivity index (χ3n) is 4.28. The fraction of sp³-hybridized carbons (Fsp3) is 0.222. The summed E-state index contributed by atoms with van der Waals surface area (Å²) in [6.07, 6.45) is 1.60. The highest BCUT2D eigenvalue weighted by atomic mass is 35.5. The first kappa shape index (κ1) is 15.6. The minimum Gasteiger partial charge on any atom is -0.353 e. The Bertz CT molecular complexity index is 891. The van der Waals surface area contributed by atoms with Gasteiger partial charge in [0.15, 0.2) is 0 Å². The number of hydrogen-bond donors (Lipinski definition) is 1. The van der Waals surface area contributed by atoms with Crippen LogP contribution in [-0.2, 0) is 0 Å². The Hall–Kier alpha value is -1.88. The normalized spacial score (nSPS) is 15.0. The van der Waals surface area contributed by atoms with E-state index in [9.17, 15) is 0 Å².